The average Bonchev–Trinajstić information content (AvgIpc) is 2.44. The van der Waals surface area contributed by atoms with Gasteiger partial charge in [0.1, 0.15) is 6.61 Å². The summed E-state index contributed by atoms with van der Waals surface area (Å²) < 4.78 is 32.0. The van der Waals surface area contributed by atoms with Crippen molar-refractivity contribution in [2.75, 3.05) is 12.4 Å². The highest BCUT2D eigenvalue weighted by atomic mass is 35.7. The summed E-state index contributed by atoms with van der Waals surface area (Å²) in [4.78, 5) is 23.2. The molecular formula is C14H18ClNO6S. The molecule has 0 aliphatic heterocycles. The van der Waals surface area contributed by atoms with Gasteiger partial charge in [0, 0.05) is 10.7 Å². The normalized spacial score (nSPS) is 12.3. The SMILES string of the molecule is CCOC(=O)CC(CS(=O)(=O)Cl)NC(=O)OCc1ccccc1. The van der Waals surface area contributed by atoms with Gasteiger partial charge in [0.25, 0.3) is 0 Å². The molecular weight excluding hydrogens is 346 g/mol. The van der Waals surface area contributed by atoms with Crippen LogP contribution in [0.25, 0.3) is 0 Å². The predicted molar refractivity (Wildman–Crippen MR) is 84.4 cm³/mol. The predicted octanol–water partition coefficient (Wildman–Crippen LogP) is 1.80. The number of carbonyl (C=O) groups is 2. The first-order chi connectivity index (χ1) is 10.8. The van der Waals surface area contributed by atoms with E-state index in [-0.39, 0.29) is 19.6 Å². The number of hydrogen-bond acceptors (Lipinski definition) is 6. The van der Waals surface area contributed by atoms with E-state index < -0.39 is 32.9 Å². The van der Waals surface area contributed by atoms with Gasteiger partial charge in [-0.15, -0.1) is 0 Å². The van der Waals surface area contributed by atoms with Crippen LogP contribution in [0.15, 0.2) is 30.3 Å². The molecule has 1 N–H and O–H groups in total. The number of halogens is 1. The molecule has 9 heteroatoms. The largest absolute Gasteiger partial charge is 0.466 e. The molecule has 1 amide bonds. The van der Waals surface area contributed by atoms with E-state index in [1.807, 2.05) is 6.07 Å². The number of rotatable bonds is 8. The highest BCUT2D eigenvalue weighted by molar-refractivity contribution is 8.13. The zero-order valence-corrected chi connectivity index (χ0v) is 14.1. The van der Waals surface area contributed by atoms with Crippen molar-refractivity contribution in [3.63, 3.8) is 0 Å². The smallest absolute Gasteiger partial charge is 0.407 e. The van der Waals surface area contributed by atoms with Crippen LogP contribution >= 0.6 is 10.7 Å². The van der Waals surface area contributed by atoms with Gasteiger partial charge in [0.2, 0.25) is 9.05 Å². The van der Waals surface area contributed by atoms with Gasteiger partial charge < -0.3 is 14.8 Å². The summed E-state index contributed by atoms with van der Waals surface area (Å²) in [5.74, 6) is -1.24. The van der Waals surface area contributed by atoms with E-state index in [4.69, 9.17) is 20.2 Å². The van der Waals surface area contributed by atoms with Gasteiger partial charge in [0.15, 0.2) is 0 Å². The molecule has 0 saturated heterocycles. The minimum atomic E-state index is -3.90. The van der Waals surface area contributed by atoms with E-state index in [0.29, 0.717) is 0 Å². The van der Waals surface area contributed by atoms with Crippen molar-refractivity contribution in [3.8, 4) is 0 Å². The Morgan fingerprint density at radius 2 is 1.87 bits per heavy atom. The lowest BCUT2D eigenvalue weighted by atomic mass is 10.2. The highest BCUT2D eigenvalue weighted by Gasteiger charge is 2.23. The van der Waals surface area contributed by atoms with Gasteiger partial charge in [-0.2, -0.15) is 0 Å². The van der Waals surface area contributed by atoms with Gasteiger partial charge in [-0.25, -0.2) is 13.2 Å². The number of benzene rings is 1. The number of hydrogen-bond donors (Lipinski definition) is 1. The lowest BCUT2D eigenvalue weighted by Gasteiger charge is -2.16. The Bertz CT molecular complexity index is 619. The Morgan fingerprint density at radius 1 is 1.22 bits per heavy atom. The van der Waals surface area contributed by atoms with Crippen LogP contribution < -0.4 is 5.32 Å². The highest BCUT2D eigenvalue weighted by Crippen LogP contribution is 2.06. The molecule has 0 aromatic heterocycles. The fourth-order valence-corrected chi connectivity index (χ4v) is 2.88. The maximum atomic E-state index is 11.7. The minimum Gasteiger partial charge on any atom is -0.466 e. The number of alkyl carbamates (subject to hydrolysis) is 1. The molecule has 7 nitrogen and oxygen atoms in total. The third-order valence-corrected chi connectivity index (χ3v) is 3.83. The molecule has 1 rings (SSSR count). The molecule has 0 radical (unpaired) electrons. The maximum Gasteiger partial charge on any atom is 0.407 e. The van der Waals surface area contributed by atoms with Crippen molar-refractivity contribution < 1.29 is 27.5 Å². The Labute approximate surface area is 139 Å². The third-order valence-electron chi connectivity index (χ3n) is 2.65. The monoisotopic (exact) mass is 363 g/mol. The number of nitrogens with one attached hydrogen (secondary N) is 1. The Kier molecular flexibility index (Phi) is 7.84. The molecule has 0 heterocycles. The number of ether oxygens (including phenoxy) is 2. The lowest BCUT2D eigenvalue weighted by molar-refractivity contribution is -0.143. The molecule has 0 aliphatic rings. The van der Waals surface area contributed by atoms with Crippen molar-refractivity contribution in [2.24, 2.45) is 0 Å². The van der Waals surface area contributed by atoms with E-state index in [0.717, 1.165) is 5.56 Å². The standard InChI is InChI=1S/C14H18ClNO6S/c1-2-21-13(17)8-12(10-23(15,19)20)16-14(18)22-9-11-6-4-3-5-7-11/h3-7,12H,2,8-10H2,1H3,(H,16,18). The van der Waals surface area contributed by atoms with Crippen molar-refractivity contribution in [3.05, 3.63) is 35.9 Å². The Balaban J connectivity index is 2.56. The van der Waals surface area contributed by atoms with Crippen molar-refractivity contribution in [1.29, 1.82) is 0 Å². The summed E-state index contributed by atoms with van der Waals surface area (Å²) in [5.41, 5.74) is 0.773. The zero-order chi connectivity index (χ0) is 17.3. The minimum absolute atomic E-state index is 0.0203. The second kappa shape index (κ2) is 9.36. The molecule has 0 bridgehead atoms. The summed E-state index contributed by atoms with van der Waals surface area (Å²) in [6.45, 7) is 1.79. The van der Waals surface area contributed by atoms with Gasteiger partial charge in [-0.05, 0) is 12.5 Å². The van der Waals surface area contributed by atoms with Crippen molar-refractivity contribution in [2.45, 2.75) is 26.0 Å². The van der Waals surface area contributed by atoms with Crippen molar-refractivity contribution in [1.82, 2.24) is 5.32 Å². The zero-order valence-electron chi connectivity index (χ0n) is 12.5. The molecule has 1 atom stereocenters. The Hall–Kier alpha value is -1.80. The summed E-state index contributed by atoms with van der Waals surface area (Å²) in [7, 11) is 1.27. The molecule has 1 unspecified atom stereocenters. The van der Waals surface area contributed by atoms with Gasteiger partial charge in [-0.3, -0.25) is 4.79 Å². The van der Waals surface area contributed by atoms with Crippen LogP contribution in [0.5, 0.6) is 0 Å². The van der Waals surface area contributed by atoms with Crippen LogP contribution in [0.4, 0.5) is 4.79 Å². The van der Waals surface area contributed by atoms with Crippen LogP contribution in [0, 0.1) is 0 Å². The van der Waals surface area contributed by atoms with E-state index >= 15 is 0 Å². The molecule has 0 spiro atoms. The average molecular weight is 364 g/mol. The number of esters is 1. The maximum absolute atomic E-state index is 11.7. The van der Waals surface area contributed by atoms with Crippen LogP contribution in [0.1, 0.15) is 18.9 Å². The molecule has 0 aliphatic carbocycles. The second-order valence-electron chi connectivity index (χ2n) is 4.62. The van der Waals surface area contributed by atoms with E-state index in [2.05, 4.69) is 5.32 Å². The second-order valence-corrected chi connectivity index (χ2v) is 7.44. The first-order valence-electron chi connectivity index (χ1n) is 6.85. The molecule has 0 fully saturated rings. The van der Waals surface area contributed by atoms with E-state index in [1.54, 1.807) is 31.2 Å². The molecule has 1 aromatic rings. The molecule has 128 valence electrons. The summed E-state index contributed by atoms with van der Waals surface area (Å²) in [5, 5.41) is 2.31. The first-order valence-corrected chi connectivity index (χ1v) is 9.33. The lowest BCUT2D eigenvalue weighted by Crippen LogP contribution is -2.41. The van der Waals surface area contributed by atoms with Gasteiger partial charge in [-0.1, -0.05) is 30.3 Å². The Morgan fingerprint density at radius 3 is 2.43 bits per heavy atom. The third kappa shape index (κ3) is 9.04. The number of carbonyl (C=O) groups excluding carboxylic acids is 2. The molecule has 1 aromatic carbocycles. The topological polar surface area (TPSA) is 98.8 Å². The van der Waals surface area contributed by atoms with Crippen LogP contribution in [-0.4, -0.2) is 38.9 Å². The summed E-state index contributed by atoms with van der Waals surface area (Å²) in [6, 6.07) is 7.92. The fourth-order valence-electron chi connectivity index (χ4n) is 1.74. The van der Waals surface area contributed by atoms with Crippen molar-refractivity contribution >= 4 is 31.8 Å². The van der Waals surface area contributed by atoms with Crippen LogP contribution in [-0.2, 0) is 29.9 Å². The summed E-state index contributed by atoms with van der Waals surface area (Å²) >= 11 is 0. The van der Waals surface area contributed by atoms with Crippen LogP contribution in [0.3, 0.4) is 0 Å². The summed E-state index contributed by atoms with van der Waals surface area (Å²) in [6.07, 6.45) is -1.16. The first kappa shape index (κ1) is 19.2. The van der Waals surface area contributed by atoms with Gasteiger partial charge in [0.05, 0.1) is 24.8 Å². The molecule has 23 heavy (non-hydrogen) atoms. The van der Waals surface area contributed by atoms with Crippen LogP contribution in [0.2, 0.25) is 0 Å². The molecule has 0 saturated carbocycles. The van der Waals surface area contributed by atoms with Gasteiger partial charge >= 0.3 is 12.1 Å². The number of amides is 1. The van der Waals surface area contributed by atoms with E-state index in [1.165, 1.54) is 0 Å². The quantitative estimate of drug-likeness (QED) is 0.558. The fraction of sp³-hybridized carbons (Fsp3) is 0.429. The van der Waals surface area contributed by atoms with E-state index in [9.17, 15) is 18.0 Å².